The molecule has 0 heterocycles. The van der Waals surface area contributed by atoms with E-state index in [-0.39, 0.29) is 11.8 Å². The molecule has 1 spiro atoms. The van der Waals surface area contributed by atoms with Gasteiger partial charge in [-0.25, -0.2) is 0 Å². The largest absolute Gasteiger partial charge is 0.381 e. The van der Waals surface area contributed by atoms with Gasteiger partial charge < -0.3 is 10.6 Å². The van der Waals surface area contributed by atoms with E-state index in [4.69, 9.17) is 5.26 Å². The third-order valence-electron chi connectivity index (χ3n) is 5.45. The van der Waals surface area contributed by atoms with Crippen LogP contribution in [0.15, 0.2) is 18.2 Å². The maximum Gasteiger partial charge on any atom is 0.228 e. The molecule has 0 aliphatic heterocycles. The highest BCUT2D eigenvalue weighted by Gasteiger charge is 2.58. The maximum absolute atomic E-state index is 12.6. The molecule has 22 heavy (non-hydrogen) atoms. The topological polar surface area (TPSA) is 64.9 Å². The monoisotopic (exact) mass is 295 g/mol. The normalized spacial score (nSPS) is 24.8. The van der Waals surface area contributed by atoms with Crippen LogP contribution in [0.4, 0.5) is 11.4 Å². The molecule has 1 aromatic rings. The van der Waals surface area contributed by atoms with Crippen molar-refractivity contribution < 1.29 is 4.79 Å². The van der Waals surface area contributed by atoms with Gasteiger partial charge in [-0.1, -0.05) is 12.8 Å². The molecule has 1 aromatic carbocycles. The van der Waals surface area contributed by atoms with Gasteiger partial charge in [-0.3, -0.25) is 4.79 Å². The van der Waals surface area contributed by atoms with Gasteiger partial charge in [0.25, 0.3) is 0 Å². The Morgan fingerprint density at radius 1 is 1.23 bits per heavy atom. The summed E-state index contributed by atoms with van der Waals surface area (Å²) in [6.07, 6.45) is 8.35. The first-order valence-corrected chi connectivity index (χ1v) is 8.32. The predicted octanol–water partition coefficient (Wildman–Crippen LogP) is 3.65. The van der Waals surface area contributed by atoms with E-state index in [0.29, 0.717) is 17.0 Å². The molecule has 114 valence electrons. The summed E-state index contributed by atoms with van der Waals surface area (Å²) in [5.41, 5.74) is 2.59. The predicted molar refractivity (Wildman–Crippen MR) is 85.4 cm³/mol. The number of nitriles is 1. The van der Waals surface area contributed by atoms with Crippen LogP contribution < -0.4 is 10.6 Å². The average molecular weight is 295 g/mol. The minimum atomic E-state index is 0.135. The van der Waals surface area contributed by atoms with Crippen molar-refractivity contribution in [2.24, 2.45) is 11.3 Å². The molecule has 0 bridgehead atoms. The van der Waals surface area contributed by atoms with Crippen molar-refractivity contribution in [2.45, 2.75) is 51.0 Å². The van der Waals surface area contributed by atoms with Crippen LogP contribution in [0.25, 0.3) is 0 Å². The highest BCUT2D eigenvalue weighted by atomic mass is 16.2. The number of carbonyl (C=O) groups is 1. The van der Waals surface area contributed by atoms with Crippen LogP contribution in [-0.4, -0.2) is 11.9 Å². The molecule has 4 nitrogen and oxygen atoms in total. The molecule has 2 N–H and O–H groups in total. The first kappa shape index (κ1) is 13.6. The van der Waals surface area contributed by atoms with Crippen molar-refractivity contribution in [1.82, 2.24) is 0 Å². The first-order chi connectivity index (χ1) is 10.7. The fraction of sp³-hybridized carbons (Fsp3) is 0.556. The van der Waals surface area contributed by atoms with E-state index < -0.39 is 0 Å². The van der Waals surface area contributed by atoms with Crippen LogP contribution in [0.3, 0.4) is 0 Å². The molecule has 0 saturated heterocycles. The van der Waals surface area contributed by atoms with Crippen molar-refractivity contribution in [2.75, 3.05) is 10.6 Å². The van der Waals surface area contributed by atoms with E-state index in [1.165, 1.54) is 38.5 Å². The highest BCUT2D eigenvalue weighted by molar-refractivity contribution is 5.98. The molecule has 1 atom stereocenters. The van der Waals surface area contributed by atoms with Crippen molar-refractivity contribution in [1.29, 1.82) is 5.26 Å². The minimum Gasteiger partial charge on any atom is -0.381 e. The number of carbonyl (C=O) groups excluding carboxylic acids is 1. The van der Waals surface area contributed by atoms with E-state index in [9.17, 15) is 4.79 Å². The summed E-state index contributed by atoms with van der Waals surface area (Å²) in [7, 11) is 0. The Balaban J connectivity index is 1.51. The zero-order chi connectivity index (χ0) is 15.2. The Kier molecular flexibility index (Phi) is 3.11. The minimum absolute atomic E-state index is 0.135. The molecule has 3 saturated carbocycles. The van der Waals surface area contributed by atoms with E-state index in [0.717, 1.165) is 17.8 Å². The Bertz CT molecular complexity index is 651. The number of hydrogen-bond acceptors (Lipinski definition) is 3. The summed E-state index contributed by atoms with van der Waals surface area (Å²) in [6, 6.07) is 8.16. The molecule has 4 heteroatoms. The Hall–Kier alpha value is -2.02. The number of hydrogen-bond donors (Lipinski definition) is 2. The van der Waals surface area contributed by atoms with Gasteiger partial charge >= 0.3 is 0 Å². The van der Waals surface area contributed by atoms with Crippen molar-refractivity contribution >= 4 is 17.3 Å². The van der Waals surface area contributed by atoms with Crippen LogP contribution >= 0.6 is 0 Å². The van der Waals surface area contributed by atoms with Gasteiger partial charge in [0.05, 0.1) is 23.0 Å². The van der Waals surface area contributed by atoms with Crippen LogP contribution in [-0.2, 0) is 4.79 Å². The zero-order valence-electron chi connectivity index (χ0n) is 12.7. The van der Waals surface area contributed by atoms with Gasteiger partial charge in [0.15, 0.2) is 0 Å². The molecule has 0 aromatic heterocycles. The highest BCUT2D eigenvalue weighted by Crippen LogP contribution is 2.63. The van der Waals surface area contributed by atoms with Crippen LogP contribution in [0.2, 0.25) is 0 Å². The lowest BCUT2D eigenvalue weighted by Crippen LogP contribution is -2.19. The summed E-state index contributed by atoms with van der Waals surface area (Å²) in [5, 5.41) is 15.6. The Morgan fingerprint density at radius 3 is 2.68 bits per heavy atom. The quantitative estimate of drug-likeness (QED) is 0.891. The second-order valence-electron chi connectivity index (χ2n) is 7.11. The fourth-order valence-electron chi connectivity index (χ4n) is 3.86. The first-order valence-electron chi connectivity index (χ1n) is 8.32. The third kappa shape index (κ3) is 2.45. The van der Waals surface area contributed by atoms with Gasteiger partial charge in [-0.15, -0.1) is 0 Å². The molecule has 0 radical (unpaired) electrons. The molecule has 4 rings (SSSR count). The summed E-state index contributed by atoms with van der Waals surface area (Å²) < 4.78 is 0. The lowest BCUT2D eigenvalue weighted by atomic mass is 10.0. The average Bonchev–Trinajstić information content (AvgIpc) is 3.39. The van der Waals surface area contributed by atoms with Crippen molar-refractivity contribution in [3.8, 4) is 6.07 Å². The van der Waals surface area contributed by atoms with Gasteiger partial charge in [0, 0.05) is 12.0 Å². The maximum atomic E-state index is 12.6. The summed E-state index contributed by atoms with van der Waals surface area (Å²) in [6.45, 7) is 0. The SMILES string of the molecule is N#Cc1ccc(NC2CC2)c(NC(=O)C2CC23CCCC3)c1. The van der Waals surface area contributed by atoms with Crippen LogP contribution in [0.5, 0.6) is 0 Å². The molecular formula is C18H21N3O. The molecule has 3 fully saturated rings. The Morgan fingerprint density at radius 2 is 2.00 bits per heavy atom. The van der Waals surface area contributed by atoms with Crippen LogP contribution in [0.1, 0.15) is 50.5 Å². The smallest absolute Gasteiger partial charge is 0.228 e. The zero-order valence-corrected chi connectivity index (χ0v) is 12.7. The van der Waals surface area contributed by atoms with Crippen molar-refractivity contribution in [3.05, 3.63) is 23.8 Å². The van der Waals surface area contributed by atoms with E-state index in [1.807, 2.05) is 6.07 Å². The molecule has 1 unspecified atom stereocenters. The third-order valence-corrected chi connectivity index (χ3v) is 5.45. The second kappa shape index (κ2) is 5.01. The number of anilines is 2. The Labute approximate surface area is 130 Å². The number of nitrogens with zero attached hydrogens (tertiary/aromatic N) is 1. The fourth-order valence-corrected chi connectivity index (χ4v) is 3.86. The van der Waals surface area contributed by atoms with E-state index >= 15 is 0 Å². The van der Waals surface area contributed by atoms with Crippen LogP contribution in [0, 0.1) is 22.7 Å². The van der Waals surface area contributed by atoms with Gasteiger partial charge in [0.2, 0.25) is 5.91 Å². The second-order valence-corrected chi connectivity index (χ2v) is 7.11. The van der Waals surface area contributed by atoms with Gasteiger partial charge in [-0.2, -0.15) is 5.26 Å². The lowest BCUT2D eigenvalue weighted by Gasteiger charge is -2.14. The van der Waals surface area contributed by atoms with Gasteiger partial charge in [0.1, 0.15) is 0 Å². The number of rotatable bonds is 4. The lowest BCUT2D eigenvalue weighted by molar-refractivity contribution is -0.118. The number of amides is 1. The van der Waals surface area contributed by atoms with Gasteiger partial charge in [-0.05, 0) is 55.7 Å². The van der Waals surface area contributed by atoms with Crippen molar-refractivity contribution in [3.63, 3.8) is 0 Å². The molecule has 3 aliphatic rings. The molecular weight excluding hydrogens is 274 g/mol. The molecule has 1 amide bonds. The van der Waals surface area contributed by atoms with E-state index in [2.05, 4.69) is 16.7 Å². The number of benzene rings is 1. The standard InChI is InChI=1S/C18H21N3O/c19-11-12-3-6-15(20-13-4-5-13)16(9-12)21-17(22)14-10-18(14)7-1-2-8-18/h3,6,9,13-14,20H,1-2,4-5,7-8,10H2,(H,21,22). The summed E-state index contributed by atoms with van der Waals surface area (Å²) in [5.74, 6) is 0.311. The van der Waals surface area contributed by atoms with E-state index in [1.54, 1.807) is 12.1 Å². The number of nitrogens with one attached hydrogen (secondary N) is 2. The summed E-state index contributed by atoms with van der Waals surface area (Å²) >= 11 is 0. The summed E-state index contributed by atoms with van der Waals surface area (Å²) in [4.78, 5) is 12.6. The molecule has 3 aliphatic carbocycles.